The molecule has 0 heterocycles. The first-order valence-electron chi connectivity index (χ1n) is 3.80. The summed E-state index contributed by atoms with van der Waals surface area (Å²) in [7, 11) is 4.13. The van der Waals surface area contributed by atoms with Crippen LogP contribution in [0.25, 0.3) is 0 Å². The lowest BCUT2D eigenvalue weighted by atomic mass is 10.3. The fourth-order valence-electron chi connectivity index (χ4n) is 0.926. The lowest BCUT2D eigenvalue weighted by molar-refractivity contribution is 0.356. The Bertz CT molecular complexity index is 113. The van der Waals surface area contributed by atoms with Gasteiger partial charge in [0.1, 0.15) is 0 Å². The van der Waals surface area contributed by atoms with Gasteiger partial charge < -0.3 is 10.2 Å². The molecule has 0 saturated carbocycles. The van der Waals surface area contributed by atoms with Crippen molar-refractivity contribution >= 4 is 11.6 Å². The van der Waals surface area contributed by atoms with Crippen LogP contribution in [0.15, 0.2) is 11.6 Å². The van der Waals surface area contributed by atoms with Gasteiger partial charge in [-0.25, -0.2) is 0 Å². The Kier molecular flexibility index (Phi) is 6.62. The molecular weight excluding hydrogens is 160 g/mol. The number of likely N-dealkylation sites (N-methyl/N-ethyl adjacent to an activating group) is 1. The van der Waals surface area contributed by atoms with Crippen molar-refractivity contribution < 1.29 is 0 Å². The van der Waals surface area contributed by atoms with Crippen molar-refractivity contribution in [2.45, 2.75) is 13.0 Å². The smallest absolute Gasteiger partial charge is 0.0169 e. The van der Waals surface area contributed by atoms with Crippen LogP contribution in [0.4, 0.5) is 0 Å². The fraction of sp³-hybridized carbons (Fsp3) is 0.750. The van der Waals surface area contributed by atoms with Gasteiger partial charge in [0, 0.05) is 24.7 Å². The summed E-state index contributed by atoms with van der Waals surface area (Å²) < 4.78 is 0. The van der Waals surface area contributed by atoms with E-state index >= 15 is 0 Å². The van der Waals surface area contributed by atoms with E-state index in [4.69, 9.17) is 11.6 Å². The van der Waals surface area contributed by atoms with Gasteiger partial charge in [0.05, 0.1) is 0 Å². The van der Waals surface area contributed by atoms with Gasteiger partial charge in [-0.1, -0.05) is 17.7 Å². The van der Waals surface area contributed by atoms with Gasteiger partial charge in [-0.3, -0.25) is 0 Å². The second-order valence-corrected chi connectivity index (χ2v) is 3.19. The predicted octanol–water partition coefficient (Wildman–Crippen LogP) is 1.28. The number of nitrogens with one attached hydrogen (secondary N) is 1. The third-order valence-corrected chi connectivity index (χ3v) is 1.49. The van der Waals surface area contributed by atoms with E-state index < -0.39 is 0 Å². The van der Waals surface area contributed by atoms with Crippen LogP contribution >= 0.6 is 11.6 Å². The Hall–Kier alpha value is -0.0500. The van der Waals surface area contributed by atoms with Gasteiger partial charge in [-0.05, 0) is 21.0 Å². The van der Waals surface area contributed by atoms with Crippen LogP contribution < -0.4 is 5.32 Å². The van der Waals surface area contributed by atoms with E-state index in [0.29, 0.717) is 6.04 Å². The van der Waals surface area contributed by atoms with E-state index in [9.17, 15) is 0 Å². The minimum absolute atomic E-state index is 0.512. The Morgan fingerprint density at radius 3 is 2.64 bits per heavy atom. The van der Waals surface area contributed by atoms with E-state index in [0.717, 1.165) is 13.1 Å². The molecule has 1 unspecified atom stereocenters. The monoisotopic (exact) mass is 176 g/mol. The molecule has 0 rings (SSSR count). The first-order valence-corrected chi connectivity index (χ1v) is 4.23. The minimum Gasteiger partial charge on any atom is -0.309 e. The molecule has 0 aliphatic rings. The molecule has 0 saturated heterocycles. The van der Waals surface area contributed by atoms with Crippen LogP contribution in [0, 0.1) is 0 Å². The third kappa shape index (κ3) is 7.85. The summed E-state index contributed by atoms with van der Waals surface area (Å²) in [6, 6.07) is 0.512. The first kappa shape index (κ1) is 11.0. The summed E-state index contributed by atoms with van der Waals surface area (Å²) in [5, 5.41) is 3.30. The van der Waals surface area contributed by atoms with Crippen molar-refractivity contribution in [3.8, 4) is 0 Å². The highest BCUT2D eigenvalue weighted by atomic mass is 35.5. The number of nitrogens with zero attached hydrogens (tertiary/aromatic N) is 1. The molecule has 1 N–H and O–H groups in total. The van der Waals surface area contributed by atoms with Crippen molar-refractivity contribution in [3.63, 3.8) is 0 Å². The maximum absolute atomic E-state index is 5.36. The summed E-state index contributed by atoms with van der Waals surface area (Å²) >= 11 is 5.36. The molecular formula is C8H17ClN2. The molecule has 0 radical (unpaired) electrons. The van der Waals surface area contributed by atoms with Gasteiger partial charge >= 0.3 is 0 Å². The van der Waals surface area contributed by atoms with Crippen LogP contribution in [-0.4, -0.2) is 38.1 Å². The van der Waals surface area contributed by atoms with Crippen molar-refractivity contribution in [3.05, 3.63) is 11.6 Å². The molecule has 0 fully saturated rings. The second-order valence-electron chi connectivity index (χ2n) is 2.93. The fourth-order valence-corrected chi connectivity index (χ4v) is 1.02. The largest absolute Gasteiger partial charge is 0.309 e. The molecule has 0 aromatic carbocycles. The van der Waals surface area contributed by atoms with E-state index in [1.807, 2.05) is 6.08 Å². The van der Waals surface area contributed by atoms with Crippen LogP contribution in [-0.2, 0) is 0 Å². The van der Waals surface area contributed by atoms with E-state index in [1.54, 1.807) is 0 Å². The van der Waals surface area contributed by atoms with Crippen LogP contribution in [0.2, 0.25) is 0 Å². The Morgan fingerprint density at radius 2 is 2.18 bits per heavy atom. The predicted molar refractivity (Wildman–Crippen MR) is 51.0 cm³/mol. The second kappa shape index (κ2) is 6.65. The zero-order valence-electron chi connectivity index (χ0n) is 7.47. The molecule has 1 atom stereocenters. The van der Waals surface area contributed by atoms with Gasteiger partial charge in [0.2, 0.25) is 0 Å². The summed E-state index contributed by atoms with van der Waals surface area (Å²) in [6.45, 7) is 4.05. The highest BCUT2D eigenvalue weighted by molar-refractivity contribution is 6.25. The molecule has 11 heavy (non-hydrogen) atoms. The molecule has 3 heteroatoms. The Morgan fingerprint density at radius 1 is 1.55 bits per heavy atom. The molecule has 0 aliphatic carbocycles. The van der Waals surface area contributed by atoms with E-state index in [1.165, 1.54) is 5.54 Å². The Balaban J connectivity index is 3.29. The molecule has 66 valence electrons. The zero-order chi connectivity index (χ0) is 8.69. The molecule has 0 aliphatic heterocycles. The SMILES string of the molecule is CC(CN(C)C)NC/C=C/Cl. The van der Waals surface area contributed by atoms with Gasteiger partial charge in [0.15, 0.2) is 0 Å². The van der Waals surface area contributed by atoms with Crippen molar-refractivity contribution in [2.75, 3.05) is 27.2 Å². The quantitative estimate of drug-likeness (QED) is 0.679. The van der Waals surface area contributed by atoms with E-state index in [-0.39, 0.29) is 0 Å². The van der Waals surface area contributed by atoms with Crippen LogP contribution in [0.1, 0.15) is 6.92 Å². The van der Waals surface area contributed by atoms with E-state index in [2.05, 4.69) is 31.2 Å². The zero-order valence-corrected chi connectivity index (χ0v) is 8.23. The number of rotatable bonds is 5. The van der Waals surface area contributed by atoms with Gasteiger partial charge in [0.25, 0.3) is 0 Å². The summed E-state index contributed by atoms with van der Waals surface area (Å²) in [4.78, 5) is 2.15. The third-order valence-electron chi connectivity index (χ3n) is 1.31. The average Bonchev–Trinajstić information content (AvgIpc) is 1.86. The lowest BCUT2D eigenvalue weighted by Gasteiger charge is -2.17. The summed E-state index contributed by atoms with van der Waals surface area (Å²) in [5.41, 5.74) is 1.54. The van der Waals surface area contributed by atoms with Crippen LogP contribution in [0.5, 0.6) is 0 Å². The summed E-state index contributed by atoms with van der Waals surface area (Å²) in [6.07, 6.45) is 1.90. The molecule has 0 spiro atoms. The topological polar surface area (TPSA) is 15.3 Å². The minimum atomic E-state index is 0.512. The highest BCUT2D eigenvalue weighted by Crippen LogP contribution is 1.84. The van der Waals surface area contributed by atoms with Gasteiger partial charge in [-0.15, -0.1) is 0 Å². The molecule has 0 bridgehead atoms. The van der Waals surface area contributed by atoms with Gasteiger partial charge in [-0.2, -0.15) is 0 Å². The average molecular weight is 177 g/mol. The number of hydrogen-bond acceptors (Lipinski definition) is 2. The van der Waals surface area contributed by atoms with Crippen molar-refractivity contribution in [1.29, 1.82) is 0 Å². The van der Waals surface area contributed by atoms with Crippen LogP contribution in [0.3, 0.4) is 0 Å². The van der Waals surface area contributed by atoms with Crippen molar-refractivity contribution in [2.24, 2.45) is 0 Å². The number of halogens is 1. The molecule has 0 aromatic rings. The normalized spacial score (nSPS) is 14.6. The maximum atomic E-state index is 5.36. The Labute approximate surface area is 74.2 Å². The lowest BCUT2D eigenvalue weighted by Crippen LogP contribution is -2.35. The maximum Gasteiger partial charge on any atom is 0.0169 e. The number of hydrogen-bond donors (Lipinski definition) is 1. The first-order chi connectivity index (χ1) is 5.16. The van der Waals surface area contributed by atoms with Crippen molar-refractivity contribution in [1.82, 2.24) is 10.2 Å². The molecule has 2 nitrogen and oxygen atoms in total. The molecule has 0 amide bonds. The highest BCUT2D eigenvalue weighted by Gasteiger charge is 1.99. The summed E-state index contributed by atoms with van der Waals surface area (Å²) in [5.74, 6) is 0. The standard InChI is InChI=1S/C8H17ClN2/c1-8(7-11(2)3)10-6-4-5-9/h4-5,8,10H,6-7H2,1-3H3/b5-4+. The molecule has 0 aromatic heterocycles.